The quantitative estimate of drug-likeness (QED) is 0.863. The maximum absolute atomic E-state index is 12.3. The van der Waals surface area contributed by atoms with Crippen LogP contribution in [-0.2, 0) is 11.2 Å². The van der Waals surface area contributed by atoms with Crippen LogP contribution < -0.4 is 10.1 Å². The zero-order valence-electron chi connectivity index (χ0n) is 13.7. The van der Waals surface area contributed by atoms with E-state index in [0.717, 1.165) is 38.9 Å². The lowest BCUT2D eigenvalue weighted by Crippen LogP contribution is -2.39. The van der Waals surface area contributed by atoms with Crippen LogP contribution in [0.15, 0.2) is 24.3 Å². The van der Waals surface area contributed by atoms with E-state index in [2.05, 4.69) is 10.1 Å². The van der Waals surface area contributed by atoms with Gasteiger partial charge in [-0.3, -0.25) is 4.79 Å². The Morgan fingerprint density at radius 1 is 1.25 bits per heavy atom. The van der Waals surface area contributed by atoms with Gasteiger partial charge >= 0.3 is 6.36 Å². The van der Waals surface area contributed by atoms with Gasteiger partial charge in [-0.05, 0) is 56.5 Å². The normalized spacial score (nSPS) is 16.2. The summed E-state index contributed by atoms with van der Waals surface area (Å²) in [7, 11) is 1.93. The largest absolute Gasteiger partial charge is 0.573 e. The van der Waals surface area contributed by atoms with Gasteiger partial charge in [-0.15, -0.1) is 13.2 Å². The van der Waals surface area contributed by atoms with Crippen molar-refractivity contribution in [3.05, 3.63) is 29.8 Å². The molecule has 0 aromatic heterocycles. The number of rotatable bonds is 6. The monoisotopic (exact) mass is 344 g/mol. The first-order valence-corrected chi connectivity index (χ1v) is 8.14. The first-order valence-electron chi connectivity index (χ1n) is 8.14. The van der Waals surface area contributed by atoms with Crippen molar-refractivity contribution in [1.82, 2.24) is 10.2 Å². The fourth-order valence-electron chi connectivity index (χ4n) is 2.91. The van der Waals surface area contributed by atoms with Gasteiger partial charge in [0.1, 0.15) is 5.75 Å². The Labute approximate surface area is 140 Å². The highest BCUT2D eigenvalue weighted by atomic mass is 19.4. The lowest BCUT2D eigenvalue weighted by Gasteiger charge is -2.32. The van der Waals surface area contributed by atoms with Gasteiger partial charge in [-0.2, -0.15) is 0 Å². The number of hydrogen-bond donors (Lipinski definition) is 1. The first kappa shape index (κ1) is 18.6. The van der Waals surface area contributed by atoms with Gasteiger partial charge in [0.25, 0.3) is 0 Å². The van der Waals surface area contributed by atoms with Crippen LogP contribution in [-0.4, -0.2) is 43.9 Å². The van der Waals surface area contributed by atoms with Crippen LogP contribution in [0.5, 0.6) is 5.75 Å². The molecule has 2 rings (SSSR count). The summed E-state index contributed by atoms with van der Waals surface area (Å²) in [4.78, 5) is 14.1. The Hall–Kier alpha value is -1.76. The summed E-state index contributed by atoms with van der Waals surface area (Å²) in [5.74, 6) is 0.399. The van der Waals surface area contributed by atoms with E-state index in [1.54, 1.807) is 0 Å². The summed E-state index contributed by atoms with van der Waals surface area (Å²) in [6.45, 7) is 2.50. The Bertz CT molecular complexity index is 524. The van der Waals surface area contributed by atoms with Crippen LogP contribution in [0, 0.1) is 5.92 Å². The highest BCUT2D eigenvalue weighted by Crippen LogP contribution is 2.24. The molecule has 0 saturated carbocycles. The molecular formula is C17H23F3N2O2. The molecule has 1 aliphatic rings. The number of ether oxygens (including phenoxy) is 1. The molecule has 4 nitrogen and oxygen atoms in total. The van der Waals surface area contributed by atoms with Crippen molar-refractivity contribution in [3.63, 3.8) is 0 Å². The maximum atomic E-state index is 12.3. The summed E-state index contributed by atoms with van der Waals surface area (Å²) in [6, 6.07) is 5.47. The number of carbonyl (C=O) groups excluding carboxylic acids is 1. The lowest BCUT2D eigenvalue weighted by atomic mass is 9.93. The van der Waals surface area contributed by atoms with Gasteiger partial charge < -0.3 is 15.0 Å². The van der Waals surface area contributed by atoms with Gasteiger partial charge in [0, 0.05) is 13.1 Å². The number of halogens is 3. The van der Waals surface area contributed by atoms with E-state index in [-0.39, 0.29) is 18.1 Å². The average Bonchev–Trinajstić information content (AvgIpc) is 2.54. The predicted octanol–water partition coefficient (Wildman–Crippen LogP) is 2.98. The third-order valence-corrected chi connectivity index (χ3v) is 4.28. The van der Waals surface area contributed by atoms with E-state index in [4.69, 9.17) is 0 Å². The Morgan fingerprint density at radius 2 is 1.88 bits per heavy atom. The van der Waals surface area contributed by atoms with E-state index < -0.39 is 6.36 Å². The zero-order chi connectivity index (χ0) is 17.6. The number of hydrogen-bond acceptors (Lipinski definition) is 3. The lowest BCUT2D eigenvalue weighted by molar-refractivity contribution is -0.274. The molecule has 24 heavy (non-hydrogen) atoms. The summed E-state index contributed by atoms with van der Waals surface area (Å²) in [5, 5.41) is 3.14. The SMILES string of the molecule is CNCCC1CCN(C(=O)Cc2ccc(OC(F)(F)F)cc2)CC1. The predicted molar refractivity (Wildman–Crippen MR) is 84.7 cm³/mol. The Kier molecular flexibility index (Phi) is 6.48. The number of nitrogens with zero attached hydrogens (tertiary/aromatic N) is 1. The third kappa shape index (κ3) is 6.03. The summed E-state index contributed by atoms with van der Waals surface area (Å²) >= 11 is 0. The molecule has 1 aromatic rings. The summed E-state index contributed by atoms with van der Waals surface area (Å²) < 4.78 is 40.2. The maximum Gasteiger partial charge on any atom is 0.573 e. The first-order chi connectivity index (χ1) is 11.4. The van der Waals surface area contributed by atoms with E-state index in [1.165, 1.54) is 24.3 Å². The molecule has 1 amide bonds. The minimum absolute atomic E-state index is 0.0200. The number of amides is 1. The summed E-state index contributed by atoms with van der Waals surface area (Å²) in [5.41, 5.74) is 0.687. The van der Waals surface area contributed by atoms with Crippen molar-refractivity contribution in [1.29, 1.82) is 0 Å². The summed E-state index contributed by atoms with van der Waals surface area (Å²) in [6.07, 6.45) is -1.36. The van der Waals surface area contributed by atoms with Gasteiger partial charge in [0.05, 0.1) is 6.42 Å². The van der Waals surface area contributed by atoms with Crippen LogP contribution in [0.4, 0.5) is 13.2 Å². The number of piperidine rings is 1. The molecule has 0 unspecified atom stereocenters. The van der Waals surface area contributed by atoms with Crippen molar-refractivity contribution < 1.29 is 22.7 Å². The molecule has 1 heterocycles. The van der Waals surface area contributed by atoms with Gasteiger partial charge in [0.15, 0.2) is 0 Å². The van der Waals surface area contributed by atoms with Crippen molar-refractivity contribution >= 4 is 5.91 Å². The fraction of sp³-hybridized carbons (Fsp3) is 0.588. The van der Waals surface area contributed by atoms with Crippen LogP contribution in [0.2, 0.25) is 0 Å². The number of benzene rings is 1. The third-order valence-electron chi connectivity index (χ3n) is 4.28. The molecule has 0 bridgehead atoms. The van der Waals surface area contributed by atoms with E-state index >= 15 is 0 Å². The van der Waals surface area contributed by atoms with Crippen molar-refractivity contribution in [2.45, 2.75) is 32.0 Å². The Balaban J connectivity index is 1.80. The molecule has 1 N–H and O–H groups in total. The van der Waals surface area contributed by atoms with Crippen LogP contribution in [0.3, 0.4) is 0 Å². The van der Waals surface area contributed by atoms with Gasteiger partial charge in [-0.25, -0.2) is 0 Å². The Morgan fingerprint density at radius 3 is 2.42 bits per heavy atom. The molecule has 1 aliphatic heterocycles. The van der Waals surface area contributed by atoms with E-state index in [0.29, 0.717) is 11.5 Å². The molecule has 0 radical (unpaired) electrons. The van der Waals surface area contributed by atoms with Crippen LogP contribution >= 0.6 is 0 Å². The number of nitrogens with one attached hydrogen (secondary N) is 1. The molecular weight excluding hydrogens is 321 g/mol. The molecule has 1 aromatic carbocycles. The van der Waals surface area contributed by atoms with Crippen molar-refractivity contribution in [2.75, 3.05) is 26.7 Å². The second-order valence-electron chi connectivity index (χ2n) is 6.08. The van der Waals surface area contributed by atoms with E-state index in [1.807, 2.05) is 11.9 Å². The molecule has 134 valence electrons. The molecule has 7 heteroatoms. The van der Waals surface area contributed by atoms with Gasteiger partial charge in [-0.1, -0.05) is 12.1 Å². The highest BCUT2D eigenvalue weighted by Gasteiger charge is 2.31. The second-order valence-corrected chi connectivity index (χ2v) is 6.08. The van der Waals surface area contributed by atoms with Crippen LogP contribution in [0.1, 0.15) is 24.8 Å². The zero-order valence-corrected chi connectivity index (χ0v) is 13.7. The number of likely N-dealkylation sites (tertiary alicyclic amines) is 1. The standard InChI is InChI=1S/C17H23F3N2O2/c1-21-9-6-13-7-10-22(11-8-13)16(23)12-14-2-4-15(5-3-14)24-17(18,19)20/h2-5,13,21H,6-12H2,1H3. The minimum atomic E-state index is -4.70. The average molecular weight is 344 g/mol. The van der Waals surface area contributed by atoms with Crippen molar-refractivity contribution in [2.24, 2.45) is 5.92 Å². The van der Waals surface area contributed by atoms with E-state index in [9.17, 15) is 18.0 Å². The molecule has 1 fully saturated rings. The van der Waals surface area contributed by atoms with Crippen molar-refractivity contribution in [3.8, 4) is 5.75 Å². The minimum Gasteiger partial charge on any atom is -0.406 e. The van der Waals surface area contributed by atoms with Gasteiger partial charge in [0.2, 0.25) is 5.91 Å². The molecule has 0 aliphatic carbocycles. The molecule has 1 saturated heterocycles. The number of alkyl halides is 3. The highest BCUT2D eigenvalue weighted by molar-refractivity contribution is 5.78. The molecule has 0 atom stereocenters. The fourth-order valence-corrected chi connectivity index (χ4v) is 2.91. The second kappa shape index (κ2) is 8.37. The van der Waals surface area contributed by atoms with Crippen LogP contribution in [0.25, 0.3) is 0 Å². The molecule has 0 spiro atoms. The number of carbonyl (C=O) groups is 1. The smallest absolute Gasteiger partial charge is 0.406 e. The topological polar surface area (TPSA) is 41.6 Å².